The third-order valence-electron chi connectivity index (χ3n) is 8.96. The number of piperidine rings is 1. The van der Waals surface area contributed by atoms with Gasteiger partial charge < -0.3 is 18.8 Å². The van der Waals surface area contributed by atoms with Crippen LogP contribution in [0.1, 0.15) is 73.4 Å². The van der Waals surface area contributed by atoms with E-state index in [-0.39, 0.29) is 24.5 Å². The van der Waals surface area contributed by atoms with E-state index in [0.29, 0.717) is 36.0 Å². The fraction of sp³-hybridized carbons (Fsp3) is 0.405. The molecule has 0 amide bonds. The summed E-state index contributed by atoms with van der Waals surface area (Å²) >= 11 is 0. The molecule has 3 aromatic heterocycles. The summed E-state index contributed by atoms with van der Waals surface area (Å²) in [4.78, 5) is 29.3. The number of hydrogen-bond acceptors (Lipinski definition) is 8. The lowest BCUT2D eigenvalue weighted by Crippen LogP contribution is -2.35. The van der Waals surface area contributed by atoms with E-state index in [1.54, 1.807) is 6.07 Å². The zero-order chi connectivity index (χ0) is 32.5. The molecule has 1 unspecified atom stereocenters. The van der Waals surface area contributed by atoms with Crippen LogP contribution in [0.4, 0.5) is 4.39 Å². The van der Waals surface area contributed by atoms with E-state index in [9.17, 15) is 9.18 Å². The average Bonchev–Trinajstić information content (AvgIpc) is 3.37. The summed E-state index contributed by atoms with van der Waals surface area (Å²) in [6, 6.07) is 18.9. The van der Waals surface area contributed by atoms with Gasteiger partial charge in [-0.3, -0.25) is 9.88 Å². The van der Waals surface area contributed by atoms with E-state index < -0.39 is 5.60 Å². The molecule has 2 aromatic carbocycles. The van der Waals surface area contributed by atoms with Crippen molar-refractivity contribution in [2.45, 2.75) is 77.4 Å². The molecule has 0 aliphatic carbocycles. The number of nitrogens with zero attached hydrogens (tertiary/aromatic N) is 5. The molecule has 9 nitrogen and oxygen atoms in total. The topological polar surface area (TPSA) is 91.6 Å². The smallest absolute Gasteiger partial charge is 0.338 e. The van der Waals surface area contributed by atoms with Gasteiger partial charge in [0.25, 0.3) is 0 Å². The van der Waals surface area contributed by atoms with Crippen molar-refractivity contribution in [3.05, 3.63) is 95.3 Å². The maximum Gasteiger partial charge on any atom is 0.338 e. The first-order valence-corrected chi connectivity index (χ1v) is 16.4. The van der Waals surface area contributed by atoms with Crippen LogP contribution in [0.15, 0.2) is 66.9 Å². The van der Waals surface area contributed by atoms with Crippen LogP contribution in [-0.4, -0.2) is 61.8 Å². The normalized spacial score (nSPS) is 17.6. The number of halogens is 1. The van der Waals surface area contributed by atoms with Crippen LogP contribution in [0.2, 0.25) is 0 Å². The predicted octanol–water partition coefficient (Wildman–Crippen LogP) is 6.82. The van der Waals surface area contributed by atoms with Crippen molar-refractivity contribution in [1.82, 2.24) is 24.4 Å². The Bertz CT molecular complexity index is 1910. The molecule has 244 valence electrons. The first-order valence-electron chi connectivity index (χ1n) is 16.4. The van der Waals surface area contributed by atoms with E-state index in [1.807, 2.05) is 69.3 Å². The molecule has 7 rings (SSSR count). The van der Waals surface area contributed by atoms with Gasteiger partial charge in [0, 0.05) is 35.2 Å². The van der Waals surface area contributed by atoms with Crippen LogP contribution in [0.5, 0.6) is 5.88 Å². The molecule has 5 aromatic rings. The lowest BCUT2D eigenvalue weighted by Gasteiger charge is -2.32. The summed E-state index contributed by atoms with van der Waals surface area (Å²) in [5.74, 6) is 1.04. The van der Waals surface area contributed by atoms with Crippen LogP contribution in [-0.2, 0) is 29.2 Å². The average molecular weight is 638 g/mol. The van der Waals surface area contributed by atoms with Gasteiger partial charge in [-0.05, 0) is 83.5 Å². The Morgan fingerprint density at radius 2 is 1.81 bits per heavy atom. The minimum absolute atomic E-state index is 0.0793. The van der Waals surface area contributed by atoms with Crippen LogP contribution in [0, 0.1) is 5.82 Å². The monoisotopic (exact) mass is 637 g/mol. The van der Waals surface area contributed by atoms with Gasteiger partial charge in [0.1, 0.15) is 23.8 Å². The fourth-order valence-electron chi connectivity index (χ4n) is 6.39. The number of hydrogen-bond donors (Lipinski definition) is 0. The second kappa shape index (κ2) is 13.0. The van der Waals surface area contributed by atoms with Gasteiger partial charge in [-0.1, -0.05) is 24.3 Å². The van der Waals surface area contributed by atoms with Crippen molar-refractivity contribution in [1.29, 1.82) is 0 Å². The minimum Gasteiger partial charge on any atom is -0.473 e. The zero-order valence-electron chi connectivity index (χ0n) is 27.1. The maximum atomic E-state index is 14.7. The molecule has 0 radical (unpaired) electrons. The second-order valence-corrected chi connectivity index (χ2v) is 13.5. The number of fused-ring (bicyclic) bond motifs is 2. The van der Waals surface area contributed by atoms with Crippen LogP contribution in [0.25, 0.3) is 21.9 Å². The Balaban J connectivity index is 1.02. The number of imidazole rings is 1. The summed E-state index contributed by atoms with van der Waals surface area (Å²) in [7, 11) is 0. The van der Waals surface area contributed by atoms with Crippen molar-refractivity contribution in [2.24, 2.45) is 0 Å². The molecule has 0 N–H and O–H groups in total. The predicted molar refractivity (Wildman–Crippen MR) is 177 cm³/mol. The Morgan fingerprint density at radius 1 is 1.00 bits per heavy atom. The molecule has 0 saturated carbocycles. The summed E-state index contributed by atoms with van der Waals surface area (Å²) in [6.45, 7) is 9.69. The highest BCUT2D eigenvalue weighted by Crippen LogP contribution is 2.30. The van der Waals surface area contributed by atoms with Gasteiger partial charge in [0.15, 0.2) is 0 Å². The molecule has 0 spiro atoms. The molecule has 47 heavy (non-hydrogen) atoms. The highest BCUT2D eigenvalue weighted by atomic mass is 19.1. The van der Waals surface area contributed by atoms with Gasteiger partial charge in [-0.25, -0.2) is 19.2 Å². The highest BCUT2D eigenvalue weighted by Gasteiger charge is 2.27. The lowest BCUT2D eigenvalue weighted by atomic mass is 9.93. The molecule has 10 heteroatoms. The molecule has 2 aliphatic rings. The van der Waals surface area contributed by atoms with Crippen molar-refractivity contribution >= 4 is 27.9 Å². The summed E-state index contributed by atoms with van der Waals surface area (Å²) in [5, 5.41) is 0.744. The van der Waals surface area contributed by atoms with E-state index in [1.165, 1.54) is 6.20 Å². The molecular weight excluding hydrogens is 597 g/mol. The van der Waals surface area contributed by atoms with E-state index in [2.05, 4.69) is 20.5 Å². The molecular formula is C37H40FN5O4. The number of para-hydroxylation sites is 1. The van der Waals surface area contributed by atoms with Crippen molar-refractivity contribution in [3.8, 4) is 5.88 Å². The first kappa shape index (κ1) is 31.2. The van der Waals surface area contributed by atoms with Crippen molar-refractivity contribution < 1.29 is 23.4 Å². The number of ether oxygens (including phenoxy) is 3. The summed E-state index contributed by atoms with van der Waals surface area (Å²) in [5.41, 5.74) is 3.95. The highest BCUT2D eigenvalue weighted by molar-refractivity contribution is 5.94. The SMILES string of the molecule is CC(C)(C)OC(=O)c1ccc2nc(CN3CCC(c4cccc(OCc5c(F)cnc6ccccc56)n4)CC3)n(CC3CCO3)c2c1. The van der Waals surface area contributed by atoms with Crippen molar-refractivity contribution in [3.63, 3.8) is 0 Å². The third kappa shape index (κ3) is 6.99. The Labute approximate surface area is 273 Å². The molecule has 5 heterocycles. The van der Waals surface area contributed by atoms with E-state index in [0.717, 1.165) is 72.4 Å². The Kier molecular flexibility index (Phi) is 8.63. The number of pyridine rings is 2. The molecule has 1 atom stereocenters. The zero-order valence-corrected chi connectivity index (χ0v) is 27.1. The first-order chi connectivity index (χ1) is 22.7. The maximum absolute atomic E-state index is 14.7. The number of likely N-dealkylation sites (tertiary alicyclic amines) is 1. The largest absolute Gasteiger partial charge is 0.473 e. The third-order valence-corrected chi connectivity index (χ3v) is 8.96. The number of esters is 1. The second-order valence-electron chi connectivity index (χ2n) is 13.5. The lowest BCUT2D eigenvalue weighted by molar-refractivity contribution is -0.0592. The van der Waals surface area contributed by atoms with Gasteiger partial charge in [0.2, 0.25) is 5.88 Å². The number of carbonyl (C=O) groups is 1. The summed E-state index contributed by atoms with van der Waals surface area (Å²) in [6.07, 6.45) is 4.32. The van der Waals surface area contributed by atoms with E-state index >= 15 is 0 Å². The Morgan fingerprint density at radius 3 is 2.57 bits per heavy atom. The van der Waals surface area contributed by atoms with Crippen LogP contribution in [0.3, 0.4) is 0 Å². The number of aromatic nitrogens is 4. The van der Waals surface area contributed by atoms with Gasteiger partial charge in [-0.2, -0.15) is 0 Å². The number of carbonyl (C=O) groups excluding carboxylic acids is 1. The molecule has 0 bridgehead atoms. The van der Waals surface area contributed by atoms with Crippen LogP contribution >= 0.6 is 0 Å². The standard InChI is InChI=1S/C37H40FN5O4/c1-37(2,3)47-36(44)25-11-12-32-33(19-25)43(21-26-15-18-45-26)34(40-32)22-42-16-13-24(14-17-42)30-9-6-10-35(41-30)46-23-28-27-7-4-5-8-31(27)39-20-29(28)38/h4-12,19-20,24,26H,13-18,21-23H2,1-3H3. The Hall–Kier alpha value is -4.41. The van der Waals surface area contributed by atoms with E-state index in [4.69, 9.17) is 24.2 Å². The molecule has 2 fully saturated rings. The molecule has 2 aliphatic heterocycles. The van der Waals surface area contributed by atoms with Gasteiger partial charge >= 0.3 is 5.97 Å². The van der Waals surface area contributed by atoms with Gasteiger partial charge in [0.05, 0.1) is 47.5 Å². The fourth-order valence-corrected chi connectivity index (χ4v) is 6.39. The quantitative estimate of drug-likeness (QED) is 0.163. The number of benzene rings is 2. The number of rotatable bonds is 9. The minimum atomic E-state index is -0.567. The summed E-state index contributed by atoms with van der Waals surface area (Å²) < 4.78 is 34.3. The van der Waals surface area contributed by atoms with Crippen molar-refractivity contribution in [2.75, 3.05) is 19.7 Å². The molecule has 2 saturated heterocycles. The van der Waals surface area contributed by atoms with Crippen LogP contribution < -0.4 is 4.74 Å². The van der Waals surface area contributed by atoms with Gasteiger partial charge in [-0.15, -0.1) is 0 Å².